The first-order chi connectivity index (χ1) is 16.1. The molecule has 7 heteroatoms. The first kappa shape index (κ1) is 22.3. The molecule has 2 amide bonds. The van der Waals surface area contributed by atoms with Crippen molar-refractivity contribution < 1.29 is 19.1 Å². The van der Waals surface area contributed by atoms with E-state index in [4.69, 9.17) is 9.47 Å². The topological polar surface area (TPSA) is 80.8 Å². The van der Waals surface area contributed by atoms with E-state index in [2.05, 4.69) is 17.2 Å². The van der Waals surface area contributed by atoms with Crippen LogP contribution >= 0.6 is 0 Å². The predicted octanol–water partition coefficient (Wildman–Crippen LogP) is 4.43. The molecule has 0 bridgehead atoms. The molecule has 0 aliphatic carbocycles. The number of rotatable bonds is 7. The summed E-state index contributed by atoms with van der Waals surface area (Å²) < 4.78 is 11.5. The van der Waals surface area contributed by atoms with Gasteiger partial charge in [0.25, 0.3) is 0 Å². The maximum atomic E-state index is 13.2. The maximum Gasteiger partial charge on any atom is 0.243 e. The highest BCUT2D eigenvalue weighted by molar-refractivity contribution is 5.96. The van der Waals surface area contributed by atoms with Crippen molar-refractivity contribution in [3.63, 3.8) is 0 Å². The lowest BCUT2D eigenvalue weighted by atomic mass is 10.0. The zero-order chi connectivity index (χ0) is 23.2. The van der Waals surface area contributed by atoms with E-state index in [1.807, 2.05) is 42.5 Å². The van der Waals surface area contributed by atoms with Gasteiger partial charge >= 0.3 is 0 Å². The van der Waals surface area contributed by atoms with Crippen molar-refractivity contribution in [2.75, 3.05) is 18.6 Å². The third-order valence-corrected chi connectivity index (χ3v) is 5.69. The van der Waals surface area contributed by atoms with E-state index in [1.165, 1.54) is 0 Å². The van der Waals surface area contributed by atoms with Gasteiger partial charge in [0.15, 0.2) is 11.5 Å². The predicted molar refractivity (Wildman–Crippen MR) is 126 cm³/mol. The van der Waals surface area contributed by atoms with Gasteiger partial charge in [-0.05, 0) is 29.7 Å². The number of pyridine rings is 1. The average molecular weight is 446 g/mol. The number of nitrogens with zero attached hydrogens (tertiary/aromatic N) is 2. The molecule has 0 saturated carbocycles. The van der Waals surface area contributed by atoms with E-state index in [0.29, 0.717) is 36.2 Å². The lowest BCUT2D eigenvalue weighted by molar-refractivity contribution is -0.125. The van der Waals surface area contributed by atoms with Crippen molar-refractivity contribution in [1.29, 1.82) is 0 Å². The largest absolute Gasteiger partial charge is 0.493 e. The van der Waals surface area contributed by atoms with Crippen molar-refractivity contribution in [2.45, 2.75) is 32.2 Å². The van der Waals surface area contributed by atoms with Crippen LogP contribution in [-0.4, -0.2) is 30.5 Å². The summed E-state index contributed by atoms with van der Waals surface area (Å²) >= 11 is 0. The highest BCUT2D eigenvalue weighted by Crippen LogP contribution is 2.42. The monoisotopic (exact) mass is 445 g/mol. The van der Waals surface area contributed by atoms with Gasteiger partial charge in [-0.3, -0.25) is 9.59 Å². The first-order valence-electron chi connectivity index (χ1n) is 11.0. The molecule has 0 radical (unpaired) electrons. The van der Waals surface area contributed by atoms with E-state index in [1.54, 1.807) is 36.4 Å². The molecule has 0 spiro atoms. The van der Waals surface area contributed by atoms with Gasteiger partial charge in [0, 0.05) is 31.1 Å². The zero-order valence-corrected chi connectivity index (χ0v) is 18.8. The van der Waals surface area contributed by atoms with Crippen molar-refractivity contribution in [3.8, 4) is 17.4 Å². The van der Waals surface area contributed by atoms with Crippen LogP contribution in [0.3, 0.4) is 0 Å². The number of anilines is 1. The van der Waals surface area contributed by atoms with Crippen molar-refractivity contribution in [1.82, 2.24) is 10.3 Å². The number of ether oxygens (including phenoxy) is 2. The SMILES string of the molecule is COc1cccc2c1Oc1ncccc1N(C(=O)CCC(=O)NC[C@@H](C)c1ccccc1)C2. The van der Waals surface area contributed by atoms with E-state index in [9.17, 15) is 9.59 Å². The van der Waals surface area contributed by atoms with Gasteiger partial charge in [0.1, 0.15) is 5.69 Å². The quantitative estimate of drug-likeness (QED) is 0.582. The van der Waals surface area contributed by atoms with E-state index in [-0.39, 0.29) is 30.6 Å². The van der Waals surface area contributed by atoms with Crippen LogP contribution in [0.1, 0.15) is 36.8 Å². The number of amides is 2. The molecule has 1 aromatic heterocycles. The highest BCUT2D eigenvalue weighted by atomic mass is 16.5. The standard InChI is InChI=1S/C26H27N3O4/c1-18(19-8-4-3-5-9-19)16-28-23(30)13-14-24(31)29-17-20-10-6-12-22(32-2)25(20)33-26-21(29)11-7-15-27-26/h3-12,15,18H,13-14,16-17H2,1-2H3,(H,28,30)/t18-/m1/s1. The normalized spacial score (nSPS) is 13.1. The lowest BCUT2D eigenvalue weighted by Gasteiger charge is -2.21. The summed E-state index contributed by atoms with van der Waals surface area (Å²) in [5.74, 6) is 1.32. The molecule has 170 valence electrons. The zero-order valence-electron chi connectivity index (χ0n) is 18.8. The fourth-order valence-electron chi connectivity index (χ4n) is 3.81. The molecule has 1 atom stereocenters. The number of nitrogens with one attached hydrogen (secondary N) is 1. The number of carbonyl (C=O) groups is 2. The Hall–Kier alpha value is -3.87. The van der Waals surface area contributed by atoms with Crippen LogP contribution < -0.4 is 19.7 Å². The van der Waals surface area contributed by atoms with Gasteiger partial charge in [0.05, 0.1) is 13.7 Å². The molecule has 0 saturated heterocycles. The van der Waals surface area contributed by atoms with Gasteiger partial charge in [-0.1, -0.05) is 49.4 Å². The number of hydrogen-bond donors (Lipinski definition) is 1. The number of carbonyl (C=O) groups excluding carboxylic acids is 2. The first-order valence-corrected chi connectivity index (χ1v) is 11.0. The number of fused-ring (bicyclic) bond motifs is 2. The van der Waals surface area contributed by atoms with Crippen LogP contribution in [0.25, 0.3) is 0 Å². The minimum absolute atomic E-state index is 0.0825. The van der Waals surface area contributed by atoms with Crippen molar-refractivity contribution >= 4 is 17.5 Å². The van der Waals surface area contributed by atoms with Gasteiger partial charge in [-0.2, -0.15) is 0 Å². The second kappa shape index (κ2) is 10.2. The molecule has 2 heterocycles. The van der Waals surface area contributed by atoms with Crippen LogP contribution in [0.4, 0.5) is 5.69 Å². The van der Waals surface area contributed by atoms with Gasteiger partial charge in [0.2, 0.25) is 17.7 Å². The van der Waals surface area contributed by atoms with Crippen molar-refractivity contribution in [2.24, 2.45) is 0 Å². The molecular formula is C26H27N3O4. The molecular weight excluding hydrogens is 418 g/mol. The Balaban J connectivity index is 1.42. The number of hydrogen-bond acceptors (Lipinski definition) is 5. The number of aromatic nitrogens is 1. The lowest BCUT2D eigenvalue weighted by Crippen LogP contribution is -2.32. The fourth-order valence-corrected chi connectivity index (χ4v) is 3.81. The van der Waals surface area contributed by atoms with Gasteiger partial charge in [-0.25, -0.2) is 4.98 Å². The molecule has 2 aromatic carbocycles. The summed E-state index contributed by atoms with van der Waals surface area (Å²) in [4.78, 5) is 31.5. The summed E-state index contributed by atoms with van der Waals surface area (Å²) in [5.41, 5.74) is 2.54. The minimum Gasteiger partial charge on any atom is -0.493 e. The number of methoxy groups -OCH3 is 1. The fraction of sp³-hybridized carbons (Fsp3) is 0.269. The number of benzene rings is 2. The van der Waals surface area contributed by atoms with Crippen LogP contribution in [0.15, 0.2) is 66.9 Å². The van der Waals surface area contributed by atoms with Crippen molar-refractivity contribution in [3.05, 3.63) is 78.0 Å². The summed E-state index contributed by atoms with van der Waals surface area (Å²) in [5, 5.41) is 2.94. The van der Waals surface area contributed by atoms with Gasteiger partial charge in [-0.15, -0.1) is 0 Å². The molecule has 1 N–H and O–H groups in total. The average Bonchev–Trinajstić information content (AvgIpc) is 3.03. The van der Waals surface area contributed by atoms with Crippen LogP contribution in [0.2, 0.25) is 0 Å². The highest BCUT2D eigenvalue weighted by Gasteiger charge is 2.28. The summed E-state index contributed by atoms with van der Waals surface area (Å²) in [6, 6.07) is 19.1. The third-order valence-electron chi connectivity index (χ3n) is 5.69. The second-order valence-corrected chi connectivity index (χ2v) is 7.97. The summed E-state index contributed by atoms with van der Waals surface area (Å²) in [7, 11) is 1.57. The Morgan fingerprint density at radius 1 is 1.09 bits per heavy atom. The van der Waals surface area contributed by atoms with Crippen LogP contribution in [0.5, 0.6) is 17.4 Å². The molecule has 0 fully saturated rings. The molecule has 33 heavy (non-hydrogen) atoms. The minimum atomic E-state index is -0.172. The third kappa shape index (κ3) is 5.14. The smallest absolute Gasteiger partial charge is 0.243 e. The van der Waals surface area contributed by atoms with Crippen LogP contribution in [-0.2, 0) is 16.1 Å². The van der Waals surface area contributed by atoms with E-state index in [0.717, 1.165) is 11.1 Å². The van der Waals surface area contributed by atoms with E-state index < -0.39 is 0 Å². The van der Waals surface area contributed by atoms with Crippen LogP contribution in [0, 0.1) is 0 Å². The second-order valence-electron chi connectivity index (χ2n) is 7.97. The summed E-state index contributed by atoms with van der Waals surface area (Å²) in [6.07, 6.45) is 1.81. The molecule has 4 rings (SSSR count). The Labute approximate surface area is 193 Å². The molecule has 1 aliphatic heterocycles. The Bertz CT molecular complexity index is 1130. The Morgan fingerprint density at radius 2 is 1.91 bits per heavy atom. The maximum absolute atomic E-state index is 13.2. The molecule has 3 aromatic rings. The molecule has 1 aliphatic rings. The molecule has 7 nitrogen and oxygen atoms in total. The van der Waals surface area contributed by atoms with Gasteiger partial charge < -0.3 is 19.7 Å². The Morgan fingerprint density at radius 3 is 2.70 bits per heavy atom. The Kier molecular flexibility index (Phi) is 6.88. The number of para-hydroxylation sites is 1. The summed E-state index contributed by atoms with van der Waals surface area (Å²) in [6.45, 7) is 2.89. The molecule has 0 unspecified atom stereocenters. The van der Waals surface area contributed by atoms with E-state index >= 15 is 0 Å².